The molecule has 1 amide bonds. The number of hydrogen-bond acceptors (Lipinski definition) is 3. The van der Waals surface area contributed by atoms with Crippen molar-refractivity contribution in [2.75, 3.05) is 11.4 Å². The molecule has 18 heavy (non-hydrogen) atoms. The molecule has 1 saturated heterocycles. The lowest BCUT2D eigenvalue weighted by Crippen LogP contribution is -2.24. The zero-order chi connectivity index (χ0) is 13.3. The van der Waals surface area contributed by atoms with E-state index in [1.54, 1.807) is 0 Å². The molecule has 0 spiro atoms. The van der Waals surface area contributed by atoms with Crippen LogP contribution in [0.4, 0.5) is 18.9 Å². The van der Waals surface area contributed by atoms with E-state index in [2.05, 4.69) is 0 Å². The summed E-state index contributed by atoms with van der Waals surface area (Å²) in [5, 5.41) is 0. The Kier molecular flexibility index (Phi) is 3.34. The quantitative estimate of drug-likeness (QED) is 0.615. The highest BCUT2D eigenvalue weighted by Crippen LogP contribution is 2.37. The minimum Gasteiger partial charge on any atom is -0.305 e. The van der Waals surface area contributed by atoms with Crippen LogP contribution < -0.4 is 4.90 Å². The number of rotatable bonds is 2. The van der Waals surface area contributed by atoms with Crippen LogP contribution in [0, 0.1) is 0 Å². The van der Waals surface area contributed by atoms with Crippen molar-refractivity contribution in [2.45, 2.75) is 16.8 Å². The molecule has 1 aliphatic heterocycles. The van der Waals surface area contributed by atoms with Crippen molar-refractivity contribution in [1.82, 2.24) is 0 Å². The lowest BCUT2D eigenvalue weighted by molar-refractivity contribution is -0.121. The van der Waals surface area contributed by atoms with E-state index >= 15 is 0 Å². The van der Waals surface area contributed by atoms with Crippen LogP contribution in [0.25, 0.3) is 0 Å². The average Bonchev–Trinajstić information content (AvgIpc) is 2.57. The lowest BCUT2D eigenvalue weighted by Gasteiger charge is -2.15. The second-order valence-electron chi connectivity index (χ2n) is 3.74. The van der Waals surface area contributed by atoms with Crippen LogP contribution in [0.3, 0.4) is 0 Å². The molecule has 0 unspecified atom stereocenters. The zero-order valence-corrected chi connectivity index (χ0v) is 9.85. The average molecular weight is 275 g/mol. The highest BCUT2D eigenvalue weighted by Gasteiger charge is 2.30. The summed E-state index contributed by atoms with van der Waals surface area (Å²) in [6.07, 6.45) is -0.140. The summed E-state index contributed by atoms with van der Waals surface area (Å²) >= 11 is -0.217. The zero-order valence-electron chi connectivity index (χ0n) is 9.03. The molecule has 1 aliphatic rings. The summed E-state index contributed by atoms with van der Waals surface area (Å²) in [7, 11) is 0. The topological polar surface area (TPSA) is 37.4 Å². The fraction of sp³-hybridized carbons (Fsp3) is 0.273. The second kappa shape index (κ2) is 4.64. The van der Waals surface area contributed by atoms with Gasteiger partial charge >= 0.3 is 5.51 Å². The molecule has 1 aromatic carbocycles. The third-order valence-corrected chi connectivity index (χ3v) is 3.11. The monoisotopic (exact) mass is 275 g/mol. The third-order valence-electron chi connectivity index (χ3n) is 2.37. The minimum atomic E-state index is -4.33. The molecule has 7 heteroatoms. The molecule has 0 bridgehead atoms. The Labute approximate surface area is 105 Å². The standard InChI is InChI=1S/C11H8F3NO2S/c12-11(13,14)18-9-3-1-7(2-4-9)15-6-8(16)5-10(15)17/h1-4H,5-6H2. The van der Waals surface area contributed by atoms with Gasteiger partial charge in [-0.25, -0.2) is 0 Å². The number of carbonyl (C=O) groups is 2. The normalized spacial score (nSPS) is 16.5. The van der Waals surface area contributed by atoms with E-state index in [0.717, 1.165) is 0 Å². The van der Waals surface area contributed by atoms with E-state index in [0.29, 0.717) is 5.69 Å². The van der Waals surface area contributed by atoms with E-state index < -0.39 is 5.51 Å². The van der Waals surface area contributed by atoms with E-state index in [1.165, 1.54) is 29.2 Å². The van der Waals surface area contributed by atoms with Crippen molar-refractivity contribution in [2.24, 2.45) is 0 Å². The molecule has 1 heterocycles. The largest absolute Gasteiger partial charge is 0.446 e. The first-order valence-electron chi connectivity index (χ1n) is 5.03. The molecule has 96 valence electrons. The minimum absolute atomic E-state index is 0.00933. The fourth-order valence-corrected chi connectivity index (χ4v) is 2.19. The molecule has 1 aromatic rings. The highest BCUT2D eigenvalue weighted by atomic mass is 32.2. The number of carbonyl (C=O) groups excluding carboxylic acids is 2. The molecule has 0 saturated carbocycles. The number of thioether (sulfide) groups is 1. The molecule has 0 aliphatic carbocycles. The number of hydrogen-bond donors (Lipinski definition) is 0. The number of benzene rings is 1. The van der Waals surface area contributed by atoms with E-state index in [1.807, 2.05) is 0 Å². The molecule has 3 nitrogen and oxygen atoms in total. The maximum absolute atomic E-state index is 12.1. The van der Waals surface area contributed by atoms with Gasteiger partial charge in [-0.2, -0.15) is 13.2 Å². The van der Waals surface area contributed by atoms with Crippen molar-refractivity contribution >= 4 is 29.1 Å². The number of ketones is 1. The first kappa shape index (κ1) is 12.9. The van der Waals surface area contributed by atoms with Crippen LogP contribution >= 0.6 is 11.8 Å². The summed E-state index contributed by atoms with van der Waals surface area (Å²) in [4.78, 5) is 23.8. The SMILES string of the molecule is O=C1CC(=O)N(c2ccc(SC(F)(F)F)cc2)C1. The number of alkyl halides is 3. The van der Waals surface area contributed by atoms with Gasteiger partial charge in [0.05, 0.1) is 13.0 Å². The van der Waals surface area contributed by atoms with Gasteiger partial charge in [-0.05, 0) is 36.0 Å². The third kappa shape index (κ3) is 3.04. The van der Waals surface area contributed by atoms with Gasteiger partial charge < -0.3 is 4.90 Å². The van der Waals surface area contributed by atoms with E-state index in [9.17, 15) is 22.8 Å². The van der Waals surface area contributed by atoms with Gasteiger partial charge in [-0.1, -0.05) is 0 Å². The second-order valence-corrected chi connectivity index (χ2v) is 4.88. The first-order valence-corrected chi connectivity index (χ1v) is 5.85. The van der Waals surface area contributed by atoms with Crippen molar-refractivity contribution in [3.63, 3.8) is 0 Å². The molecule has 0 radical (unpaired) electrons. The number of Topliss-reactive ketones (excluding diaryl/α,β-unsaturated/α-hetero) is 1. The fourth-order valence-electron chi connectivity index (χ4n) is 1.65. The van der Waals surface area contributed by atoms with Crippen molar-refractivity contribution < 1.29 is 22.8 Å². The first-order chi connectivity index (χ1) is 8.35. The molecule has 0 N–H and O–H groups in total. The summed E-state index contributed by atoms with van der Waals surface area (Å²) in [5.41, 5.74) is -3.89. The molecular formula is C11H8F3NO2S. The highest BCUT2D eigenvalue weighted by molar-refractivity contribution is 8.00. The van der Waals surface area contributed by atoms with Gasteiger partial charge in [-0.15, -0.1) is 0 Å². The Hall–Kier alpha value is -1.50. The van der Waals surface area contributed by atoms with Crippen LogP contribution in [-0.2, 0) is 9.59 Å². The number of amides is 1. The smallest absolute Gasteiger partial charge is 0.305 e. The van der Waals surface area contributed by atoms with Crippen molar-refractivity contribution in [3.05, 3.63) is 24.3 Å². The van der Waals surface area contributed by atoms with Gasteiger partial charge in [0.1, 0.15) is 0 Å². The predicted octanol–water partition coefficient (Wildman–Crippen LogP) is 2.60. The number of anilines is 1. The summed E-state index contributed by atoms with van der Waals surface area (Å²) in [5.74, 6) is -0.509. The predicted molar refractivity (Wildman–Crippen MR) is 60.3 cm³/mol. The van der Waals surface area contributed by atoms with Crippen LogP contribution in [0.1, 0.15) is 6.42 Å². The molecule has 2 rings (SSSR count). The number of nitrogens with zero attached hydrogens (tertiary/aromatic N) is 1. The maximum atomic E-state index is 12.1. The van der Waals surface area contributed by atoms with Crippen LogP contribution in [0.5, 0.6) is 0 Å². The Morgan fingerprint density at radius 1 is 1.11 bits per heavy atom. The Morgan fingerprint density at radius 2 is 1.72 bits per heavy atom. The van der Waals surface area contributed by atoms with Crippen LogP contribution in [-0.4, -0.2) is 23.7 Å². The van der Waals surface area contributed by atoms with Crippen LogP contribution in [0.15, 0.2) is 29.2 Å². The summed E-state index contributed by atoms with van der Waals surface area (Å²) in [6, 6.07) is 5.38. The summed E-state index contributed by atoms with van der Waals surface area (Å²) in [6.45, 7) is -0.00933. The van der Waals surface area contributed by atoms with Gasteiger partial charge in [0.15, 0.2) is 5.78 Å². The Morgan fingerprint density at radius 3 is 2.17 bits per heavy atom. The van der Waals surface area contributed by atoms with Gasteiger partial charge in [0.2, 0.25) is 5.91 Å². The maximum Gasteiger partial charge on any atom is 0.446 e. The Balaban J connectivity index is 2.13. The van der Waals surface area contributed by atoms with Crippen LogP contribution in [0.2, 0.25) is 0 Å². The van der Waals surface area contributed by atoms with E-state index in [-0.39, 0.29) is 41.3 Å². The summed E-state index contributed by atoms with van der Waals surface area (Å²) < 4.78 is 36.3. The Bertz CT molecular complexity index is 484. The molecular weight excluding hydrogens is 267 g/mol. The van der Waals surface area contributed by atoms with Crippen molar-refractivity contribution in [3.8, 4) is 0 Å². The van der Waals surface area contributed by atoms with Crippen molar-refractivity contribution in [1.29, 1.82) is 0 Å². The molecule has 0 aromatic heterocycles. The number of halogens is 3. The van der Waals surface area contributed by atoms with E-state index in [4.69, 9.17) is 0 Å². The lowest BCUT2D eigenvalue weighted by atomic mass is 10.3. The van der Waals surface area contributed by atoms with Gasteiger partial charge in [0.25, 0.3) is 0 Å². The van der Waals surface area contributed by atoms with Gasteiger partial charge in [0, 0.05) is 10.6 Å². The van der Waals surface area contributed by atoms with Gasteiger partial charge in [-0.3, -0.25) is 9.59 Å². The molecule has 1 fully saturated rings. The molecule has 0 atom stereocenters.